The van der Waals surface area contributed by atoms with Crippen LogP contribution in [0.4, 0.5) is 13.2 Å². The van der Waals surface area contributed by atoms with Crippen molar-refractivity contribution in [3.05, 3.63) is 30.7 Å². The molecule has 2 N–H and O–H groups in total. The van der Waals surface area contributed by atoms with Crippen molar-refractivity contribution in [1.82, 2.24) is 19.9 Å². The number of carboxylic acids is 1. The number of amides is 1. The fourth-order valence-electron chi connectivity index (χ4n) is 2.40. The van der Waals surface area contributed by atoms with Gasteiger partial charge in [-0.15, -0.1) is 0 Å². The molecule has 0 unspecified atom stereocenters. The molecular weight excluding hydrogens is 397 g/mol. The van der Waals surface area contributed by atoms with E-state index in [0.29, 0.717) is 5.75 Å². The Morgan fingerprint density at radius 1 is 1.25 bits per heavy atom. The summed E-state index contributed by atoms with van der Waals surface area (Å²) in [6.07, 6.45) is 3.78. The van der Waals surface area contributed by atoms with Crippen molar-refractivity contribution in [3.8, 4) is 11.3 Å². The number of carboxylic acid groups (broad SMARTS) is 1. The molecule has 0 aromatic carbocycles. The molecular formula is C17H19F3N4O3S. The second-order valence-corrected chi connectivity index (χ2v) is 6.83. The lowest BCUT2D eigenvalue weighted by atomic mass is 10.1. The monoisotopic (exact) mass is 416 g/mol. The van der Waals surface area contributed by atoms with E-state index in [0.717, 1.165) is 42.3 Å². The van der Waals surface area contributed by atoms with Gasteiger partial charge in [0.1, 0.15) is 0 Å². The summed E-state index contributed by atoms with van der Waals surface area (Å²) >= 11 is 1.46. The first-order chi connectivity index (χ1) is 13.3. The van der Waals surface area contributed by atoms with Crippen LogP contribution in [0.25, 0.3) is 11.3 Å². The van der Waals surface area contributed by atoms with Gasteiger partial charge in [-0.3, -0.25) is 9.78 Å². The molecule has 2 aromatic heterocycles. The third-order valence-corrected chi connectivity index (χ3v) is 4.67. The van der Waals surface area contributed by atoms with E-state index in [1.165, 1.54) is 18.2 Å². The Morgan fingerprint density at radius 2 is 1.93 bits per heavy atom. The number of nitrogens with one attached hydrogen (secondary N) is 1. The number of hydrogen-bond donors (Lipinski definition) is 2. The number of piperidine rings is 1. The Kier molecular flexibility index (Phi) is 7.85. The number of carbonyl (C=O) groups is 2. The molecule has 11 heteroatoms. The SMILES string of the molecule is O=C(CSc1nc(-c2cccnc2)c[nH]1)N1CCCCC1.O=C(O)C(F)(F)F. The van der Waals surface area contributed by atoms with Gasteiger partial charge < -0.3 is 15.0 Å². The largest absolute Gasteiger partial charge is 0.490 e. The summed E-state index contributed by atoms with van der Waals surface area (Å²) in [6.45, 7) is 1.80. The van der Waals surface area contributed by atoms with Crippen LogP contribution in [0.2, 0.25) is 0 Å². The number of rotatable bonds is 4. The topological polar surface area (TPSA) is 99.2 Å². The van der Waals surface area contributed by atoms with Crippen LogP contribution in [0.15, 0.2) is 35.9 Å². The Bertz CT molecular complexity index is 777. The molecule has 1 fully saturated rings. The number of aliphatic carboxylic acids is 1. The van der Waals surface area contributed by atoms with Gasteiger partial charge in [-0.1, -0.05) is 11.8 Å². The number of likely N-dealkylation sites (tertiary alicyclic amines) is 1. The van der Waals surface area contributed by atoms with Crippen molar-refractivity contribution in [3.63, 3.8) is 0 Å². The Balaban J connectivity index is 0.000000345. The molecule has 1 saturated heterocycles. The smallest absolute Gasteiger partial charge is 0.475 e. The summed E-state index contributed by atoms with van der Waals surface area (Å²) in [7, 11) is 0. The molecule has 152 valence electrons. The molecule has 2 aromatic rings. The first-order valence-electron chi connectivity index (χ1n) is 8.44. The molecule has 1 aliphatic heterocycles. The number of aromatic nitrogens is 3. The van der Waals surface area contributed by atoms with E-state index in [-0.39, 0.29) is 5.91 Å². The van der Waals surface area contributed by atoms with E-state index in [4.69, 9.17) is 9.90 Å². The van der Waals surface area contributed by atoms with Crippen LogP contribution < -0.4 is 0 Å². The Morgan fingerprint density at radius 3 is 2.50 bits per heavy atom. The quantitative estimate of drug-likeness (QED) is 0.743. The van der Waals surface area contributed by atoms with Crippen LogP contribution in [0.5, 0.6) is 0 Å². The third kappa shape index (κ3) is 6.87. The van der Waals surface area contributed by atoms with Gasteiger partial charge in [0.15, 0.2) is 5.16 Å². The van der Waals surface area contributed by atoms with Crippen LogP contribution in [0, 0.1) is 0 Å². The number of carbonyl (C=O) groups excluding carboxylic acids is 1. The van der Waals surface area contributed by atoms with Crippen LogP contribution in [-0.4, -0.2) is 61.9 Å². The molecule has 0 spiro atoms. The maximum Gasteiger partial charge on any atom is 0.490 e. The van der Waals surface area contributed by atoms with Crippen molar-refractivity contribution in [2.75, 3.05) is 18.8 Å². The van der Waals surface area contributed by atoms with Gasteiger partial charge >= 0.3 is 12.1 Å². The van der Waals surface area contributed by atoms with Gasteiger partial charge in [0, 0.05) is 37.2 Å². The molecule has 0 bridgehead atoms. The number of H-pyrrole nitrogens is 1. The lowest BCUT2D eigenvalue weighted by Gasteiger charge is -2.26. The maximum atomic E-state index is 12.1. The minimum Gasteiger partial charge on any atom is -0.475 e. The summed E-state index contributed by atoms with van der Waals surface area (Å²) in [5, 5.41) is 7.90. The third-order valence-electron chi connectivity index (χ3n) is 3.80. The lowest BCUT2D eigenvalue weighted by molar-refractivity contribution is -0.192. The van der Waals surface area contributed by atoms with Crippen LogP contribution in [0.3, 0.4) is 0 Å². The average Bonchev–Trinajstić information content (AvgIpc) is 3.16. The second kappa shape index (κ2) is 10.1. The number of nitrogens with zero attached hydrogens (tertiary/aromatic N) is 3. The van der Waals surface area contributed by atoms with Crippen LogP contribution in [0.1, 0.15) is 19.3 Å². The predicted octanol–water partition coefficient (Wildman–Crippen LogP) is 3.21. The number of halogens is 3. The van der Waals surface area contributed by atoms with Gasteiger partial charge in [-0.25, -0.2) is 9.78 Å². The second-order valence-electron chi connectivity index (χ2n) is 5.87. The lowest BCUT2D eigenvalue weighted by Crippen LogP contribution is -2.36. The highest BCUT2D eigenvalue weighted by Gasteiger charge is 2.38. The minimum absolute atomic E-state index is 0.207. The molecule has 1 amide bonds. The molecule has 3 rings (SSSR count). The van der Waals surface area contributed by atoms with Crippen molar-refractivity contribution in [2.45, 2.75) is 30.6 Å². The molecule has 0 aliphatic carbocycles. The van der Waals surface area contributed by atoms with Gasteiger partial charge in [-0.2, -0.15) is 13.2 Å². The Labute approximate surface area is 163 Å². The van der Waals surface area contributed by atoms with E-state index in [9.17, 15) is 18.0 Å². The standard InChI is InChI=1S/C15H18N4OS.C2HF3O2/c20-14(19-7-2-1-3-8-19)11-21-15-17-10-13(18-15)12-5-4-6-16-9-12;3-2(4,5)1(6)7/h4-6,9-10H,1-3,7-8,11H2,(H,17,18);(H,6,7). The first kappa shape index (κ1) is 21.7. The van der Waals surface area contributed by atoms with E-state index in [2.05, 4.69) is 15.0 Å². The highest BCUT2D eigenvalue weighted by Crippen LogP contribution is 2.21. The normalized spacial score (nSPS) is 14.2. The van der Waals surface area contributed by atoms with Crippen molar-refractivity contribution in [2.24, 2.45) is 0 Å². The number of alkyl halides is 3. The number of pyridine rings is 1. The van der Waals surface area contributed by atoms with Crippen molar-refractivity contribution in [1.29, 1.82) is 0 Å². The van der Waals surface area contributed by atoms with Crippen molar-refractivity contribution >= 4 is 23.6 Å². The number of imidazole rings is 1. The highest BCUT2D eigenvalue weighted by molar-refractivity contribution is 7.99. The zero-order valence-corrected chi connectivity index (χ0v) is 15.6. The van der Waals surface area contributed by atoms with E-state index in [1.807, 2.05) is 23.2 Å². The summed E-state index contributed by atoms with van der Waals surface area (Å²) < 4.78 is 31.7. The molecule has 3 heterocycles. The molecule has 28 heavy (non-hydrogen) atoms. The van der Waals surface area contributed by atoms with E-state index < -0.39 is 12.1 Å². The fourth-order valence-corrected chi connectivity index (χ4v) is 3.15. The molecule has 7 nitrogen and oxygen atoms in total. The van der Waals surface area contributed by atoms with Gasteiger partial charge in [0.05, 0.1) is 11.4 Å². The zero-order chi connectivity index (χ0) is 20.6. The van der Waals surface area contributed by atoms with E-state index >= 15 is 0 Å². The molecule has 0 radical (unpaired) electrons. The maximum absolute atomic E-state index is 12.1. The number of hydrogen-bond acceptors (Lipinski definition) is 5. The summed E-state index contributed by atoms with van der Waals surface area (Å²) in [6, 6.07) is 3.85. The van der Waals surface area contributed by atoms with E-state index in [1.54, 1.807) is 12.4 Å². The van der Waals surface area contributed by atoms with Crippen LogP contribution >= 0.6 is 11.8 Å². The Hall–Kier alpha value is -2.56. The average molecular weight is 416 g/mol. The molecule has 0 saturated carbocycles. The van der Waals surface area contributed by atoms with Crippen LogP contribution in [-0.2, 0) is 9.59 Å². The molecule has 0 atom stereocenters. The summed E-state index contributed by atoms with van der Waals surface area (Å²) in [5.41, 5.74) is 1.83. The summed E-state index contributed by atoms with van der Waals surface area (Å²) in [4.78, 5) is 34.7. The highest BCUT2D eigenvalue weighted by atomic mass is 32.2. The fraction of sp³-hybridized carbons (Fsp3) is 0.412. The summed E-state index contributed by atoms with van der Waals surface area (Å²) in [5.74, 6) is -2.11. The number of thioether (sulfide) groups is 1. The number of aromatic amines is 1. The zero-order valence-electron chi connectivity index (χ0n) is 14.8. The predicted molar refractivity (Wildman–Crippen MR) is 96.7 cm³/mol. The van der Waals surface area contributed by atoms with Gasteiger partial charge in [-0.05, 0) is 31.4 Å². The molecule has 1 aliphatic rings. The van der Waals surface area contributed by atoms with Gasteiger partial charge in [0.2, 0.25) is 5.91 Å². The first-order valence-corrected chi connectivity index (χ1v) is 9.42. The van der Waals surface area contributed by atoms with Gasteiger partial charge in [0.25, 0.3) is 0 Å². The minimum atomic E-state index is -5.08. The van der Waals surface area contributed by atoms with Crippen molar-refractivity contribution < 1.29 is 27.9 Å².